The van der Waals surface area contributed by atoms with Crippen molar-refractivity contribution < 1.29 is 9.59 Å². The number of nitrogens with one attached hydrogen (secondary N) is 2. The zero-order valence-corrected chi connectivity index (χ0v) is 14.2. The lowest BCUT2D eigenvalue weighted by Gasteiger charge is -2.18. The average Bonchev–Trinajstić information content (AvgIpc) is 2.78. The molecule has 1 saturated heterocycles. The molecule has 0 aliphatic carbocycles. The smallest absolute Gasteiger partial charge is 0.252 e. The Kier molecular flexibility index (Phi) is 4.79. The van der Waals surface area contributed by atoms with Crippen LogP contribution in [0, 0.1) is 6.92 Å². The highest BCUT2D eigenvalue weighted by Crippen LogP contribution is 2.24. The van der Waals surface area contributed by atoms with E-state index in [1.807, 2.05) is 38.1 Å². The van der Waals surface area contributed by atoms with Gasteiger partial charge in [-0.25, -0.2) is 0 Å². The molecule has 2 heterocycles. The summed E-state index contributed by atoms with van der Waals surface area (Å²) >= 11 is 0. The van der Waals surface area contributed by atoms with E-state index in [9.17, 15) is 9.59 Å². The Hall–Kier alpha value is -2.43. The van der Waals surface area contributed by atoms with Crippen LogP contribution < -0.4 is 10.6 Å². The van der Waals surface area contributed by atoms with Gasteiger partial charge in [-0.15, -0.1) is 0 Å². The number of hydrogen-bond donors (Lipinski definition) is 2. The van der Waals surface area contributed by atoms with Crippen molar-refractivity contribution in [2.45, 2.75) is 45.6 Å². The Labute approximate surface area is 141 Å². The van der Waals surface area contributed by atoms with Gasteiger partial charge < -0.3 is 10.6 Å². The van der Waals surface area contributed by atoms with Gasteiger partial charge in [0, 0.05) is 17.6 Å². The molecule has 126 valence electrons. The summed E-state index contributed by atoms with van der Waals surface area (Å²) in [6.45, 7) is 4.65. The number of amides is 2. The van der Waals surface area contributed by atoms with Crippen LogP contribution >= 0.6 is 0 Å². The van der Waals surface area contributed by atoms with Gasteiger partial charge in [0.05, 0.1) is 11.1 Å². The zero-order valence-electron chi connectivity index (χ0n) is 14.2. The second-order valence-electron chi connectivity index (χ2n) is 6.24. The first-order chi connectivity index (χ1) is 11.6. The van der Waals surface area contributed by atoms with E-state index in [-0.39, 0.29) is 11.8 Å². The third-order valence-corrected chi connectivity index (χ3v) is 4.64. The van der Waals surface area contributed by atoms with Gasteiger partial charge >= 0.3 is 0 Å². The topological polar surface area (TPSA) is 71.1 Å². The van der Waals surface area contributed by atoms with Gasteiger partial charge in [-0.1, -0.05) is 25.1 Å². The number of fused-ring (bicyclic) bond motifs is 1. The molecule has 1 aromatic heterocycles. The SMILES string of the molecule is CCc1nc2ccccc2c(C(=O)N[C@@H]2CCCCNC2=O)c1C. The summed E-state index contributed by atoms with van der Waals surface area (Å²) in [5.74, 6) is -0.282. The maximum absolute atomic E-state index is 13.0. The summed E-state index contributed by atoms with van der Waals surface area (Å²) in [6.07, 6.45) is 3.33. The minimum atomic E-state index is -0.462. The molecule has 24 heavy (non-hydrogen) atoms. The first-order valence-corrected chi connectivity index (χ1v) is 8.58. The summed E-state index contributed by atoms with van der Waals surface area (Å²) in [5, 5.41) is 6.62. The number of carbonyl (C=O) groups is 2. The van der Waals surface area contributed by atoms with Crippen LogP contribution in [0.1, 0.15) is 47.8 Å². The summed E-state index contributed by atoms with van der Waals surface area (Å²) in [4.78, 5) is 29.7. The maximum Gasteiger partial charge on any atom is 0.252 e. The Bertz CT molecular complexity index is 786. The second kappa shape index (κ2) is 6.99. The fourth-order valence-corrected chi connectivity index (χ4v) is 3.30. The predicted octanol–water partition coefficient (Wildman–Crippen LogP) is 2.50. The van der Waals surface area contributed by atoms with Crippen molar-refractivity contribution in [2.75, 3.05) is 6.54 Å². The van der Waals surface area contributed by atoms with Crippen molar-refractivity contribution in [2.24, 2.45) is 0 Å². The first kappa shape index (κ1) is 16.4. The quantitative estimate of drug-likeness (QED) is 0.911. The van der Waals surface area contributed by atoms with Crippen LogP contribution in [0.3, 0.4) is 0 Å². The molecule has 2 aromatic rings. The molecule has 1 aromatic carbocycles. The summed E-state index contributed by atoms with van der Waals surface area (Å²) in [7, 11) is 0. The van der Waals surface area contributed by atoms with E-state index in [0.717, 1.165) is 41.4 Å². The van der Waals surface area contributed by atoms with Crippen molar-refractivity contribution in [1.29, 1.82) is 0 Å². The standard InChI is InChI=1S/C19H23N3O2/c1-3-14-12(2)17(13-8-4-5-9-15(13)21-14)19(24)22-16-10-6-7-11-20-18(16)23/h4-5,8-9,16H,3,6-7,10-11H2,1-2H3,(H,20,23)(H,22,24)/t16-/m1/s1. The van der Waals surface area contributed by atoms with Crippen molar-refractivity contribution in [1.82, 2.24) is 15.6 Å². The summed E-state index contributed by atoms with van der Waals surface area (Å²) in [5.41, 5.74) is 3.26. The summed E-state index contributed by atoms with van der Waals surface area (Å²) < 4.78 is 0. The molecule has 1 aliphatic heterocycles. The molecule has 2 amide bonds. The maximum atomic E-state index is 13.0. The van der Waals surface area contributed by atoms with E-state index in [0.29, 0.717) is 18.5 Å². The molecule has 0 saturated carbocycles. The van der Waals surface area contributed by atoms with Crippen molar-refractivity contribution in [3.8, 4) is 0 Å². The number of hydrogen-bond acceptors (Lipinski definition) is 3. The van der Waals surface area contributed by atoms with Crippen LogP contribution in [0.2, 0.25) is 0 Å². The van der Waals surface area contributed by atoms with E-state index in [2.05, 4.69) is 15.6 Å². The third-order valence-electron chi connectivity index (χ3n) is 4.64. The molecule has 1 aliphatic rings. The lowest BCUT2D eigenvalue weighted by molar-refractivity contribution is -0.122. The van der Waals surface area contributed by atoms with Crippen LogP contribution in [0.25, 0.3) is 10.9 Å². The molecule has 0 bridgehead atoms. The van der Waals surface area contributed by atoms with Gasteiger partial charge in [-0.3, -0.25) is 14.6 Å². The minimum Gasteiger partial charge on any atom is -0.354 e. The number of aromatic nitrogens is 1. The molecular weight excluding hydrogens is 302 g/mol. The van der Waals surface area contributed by atoms with Crippen LogP contribution in [-0.2, 0) is 11.2 Å². The number of benzene rings is 1. The van der Waals surface area contributed by atoms with Crippen LogP contribution in [0.5, 0.6) is 0 Å². The molecule has 2 N–H and O–H groups in total. The minimum absolute atomic E-state index is 0.0902. The molecule has 5 heteroatoms. The van der Waals surface area contributed by atoms with Crippen molar-refractivity contribution in [3.63, 3.8) is 0 Å². The lowest BCUT2D eigenvalue weighted by atomic mass is 9.99. The molecular formula is C19H23N3O2. The molecule has 1 fully saturated rings. The molecule has 0 spiro atoms. The highest BCUT2D eigenvalue weighted by atomic mass is 16.2. The van der Waals surface area contributed by atoms with Gasteiger partial charge in [0.1, 0.15) is 6.04 Å². The number of carbonyl (C=O) groups excluding carboxylic acids is 2. The van der Waals surface area contributed by atoms with E-state index < -0.39 is 6.04 Å². The monoisotopic (exact) mass is 325 g/mol. The van der Waals surface area contributed by atoms with Gasteiger partial charge in [0.15, 0.2) is 0 Å². The van der Waals surface area contributed by atoms with Gasteiger partial charge in [0.2, 0.25) is 5.91 Å². The Morgan fingerprint density at radius 1 is 1.33 bits per heavy atom. The number of rotatable bonds is 3. The van der Waals surface area contributed by atoms with E-state index in [1.54, 1.807) is 0 Å². The van der Waals surface area contributed by atoms with Gasteiger partial charge in [0.25, 0.3) is 5.91 Å². The number of pyridine rings is 1. The third kappa shape index (κ3) is 3.11. The van der Waals surface area contributed by atoms with Crippen molar-refractivity contribution in [3.05, 3.63) is 41.1 Å². The highest BCUT2D eigenvalue weighted by Gasteiger charge is 2.25. The molecule has 0 unspecified atom stereocenters. The lowest BCUT2D eigenvalue weighted by Crippen LogP contribution is -2.45. The van der Waals surface area contributed by atoms with Gasteiger partial charge in [-0.2, -0.15) is 0 Å². The Morgan fingerprint density at radius 2 is 2.12 bits per heavy atom. The summed E-state index contributed by atoms with van der Waals surface area (Å²) in [6, 6.07) is 7.20. The first-order valence-electron chi connectivity index (χ1n) is 8.58. The van der Waals surface area contributed by atoms with E-state index >= 15 is 0 Å². The Balaban J connectivity index is 1.99. The van der Waals surface area contributed by atoms with E-state index in [4.69, 9.17) is 0 Å². The number of nitrogens with zero attached hydrogens (tertiary/aromatic N) is 1. The number of aryl methyl sites for hydroxylation is 1. The zero-order chi connectivity index (χ0) is 17.1. The predicted molar refractivity (Wildman–Crippen MR) is 94.0 cm³/mol. The fourth-order valence-electron chi connectivity index (χ4n) is 3.30. The number of para-hydroxylation sites is 1. The van der Waals surface area contributed by atoms with Crippen LogP contribution in [0.4, 0.5) is 0 Å². The molecule has 1 atom stereocenters. The normalized spacial score (nSPS) is 18.1. The van der Waals surface area contributed by atoms with Crippen LogP contribution in [0.15, 0.2) is 24.3 Å². The van der Waals surface area contributed by atoms with Crippen molar-refractivity contribution >= 4 is 22.7 Å². The average molecular weight is 325 g/mol. The molecule has 5 nitrogen and oxygen atoms in total. The van der Waals surface area contributed by atoms with Crippen LogP contribution in [-0.4, -0.2) is 29.4 Å². The Morgan fingerprint density at radius 3 is 2.92 bits per heavy atom. The van der Waals surface area contributed by atoms with E-state index in [1.165, 1.54) is 0 Å². The second-order valence-corrected chi connectivity index (χ2v) is 6.24. The molecule has 0 radical (unpaired) electrons. The van der Waals surface area contributed by atoms with Gasteiger partial charge in [-0.05, 0) is 44.2 Å². The largest absolute Gasteiger partial charge is 0.354 e. The highest BCUT2D eigenvalue weighted by molar-refractivity contribution is 6.08. The fraction of sp³-hybridized carbons (Fsp3) is 0.421. The molecule has 3 rings (SSSR count).